The maximum absolute atomic E-state index is 13.4. The highest BCUT2D eigenvalue weighted by Gasteiger charge is 2.34. The summed E-state index contributed by atoms with van der Waals surface area (Å²) in [5.41, 5.74) is -8.10. The number of thiol groups is 1. The first-order valence-electron chi connectivity index (χ1n) is 16.5. The van der Waals surface area contributed by atoms with Crippen LogP contribution in [0.1, 0.15) is 29.9 Å². The first-order valence-corrected chi connectivity index (χ1v) is 19.2. The maximum Gasteiger partial charge on any atom is 0.431 e. The van der Waals surface area contributed by atoms with Gasteiger partial charge in [0.25, 0.3) is 11.1 Å². The van der Waals surface area contributed by atoms with Gasteiger partial charge in [-0.3, -0.25) is 29.8 Å². The monoisotopic (exact) mass is 1000 g/mol. The number of rotatable bonds is 8. The van der Waals surface area contributed by atoms with Crippen molar-refractivity contribution in [2.24, 2.45) is 0 Å². The zero-order valence-corrected chi connectivity index (χ0v) is 34.5. The van der Waals surface area contributed by atoms with Gasteiger partial charge in [0.05, 0.1) is 31.3 Å². The molecule has 27 heteroatoms. The van der Waals surface area contributed by atoms with E-state index in [1.54, 1.807) is 9.97 Å². The Morgan fingerprint density at radius 2 is 1.06 bits per heavy atom. The van der Waals surface area contributed by atoms with Gasteiger partial charge in [0.1, 0.15) is 11.4 Å². The first-order chi connectivity index (χ1) is 29.3. The van der Waals surface area contributed by atoms with Gasteiger partial charge < -0.3 is 9.97 Å². The highest BCUT2D eigenvalue weighted by molar-refractivity contribution is 7.98. The molecular weight excluding hydrogens is 979 g/mol. The smallest absolute Gasteiger partial charge is 0.303 e. The Bertz CT molecular complexity index is 2900. The number of H-pyrrole nitrogens is 2. The molecule has 0 aliphatic carbocycles. The summed E-state index contributed by atoms with van der Waals surface area (Å²) in [4.78, 5) is 71.1. The average Bonchev–Trinajstić information content (AvgIpc) is 3.18. The topological polar surface area (TPSA) is 196 Å². The Hall–Kier alpha value is -5.95. The van der Waals surface area contributed by atoms with Crippen LogP contribution >= 0.6 is 59.2 Å². The van der Waals surface area contributed by atoms with Crippen LogP contribution in [0.4, 0.5) is 46.5 Å². The van der Waals surface area contributed by atoms with E-state index in [1.165, 1.54) is 60.3 Å². The largest absolute Gasteiger partial charge is 0.431 e. The van der Waals surface area contributed by atoms with Crippen molar-refractivity contribution in [2.45, 2.75) is 41.2 Å². The summed E-state index contributed by atoms with van der Waals surface area (Å²) in [5.74, 6) is -1.44. The highest BCUT2D eigenvalue weighted by atomic mass is 35.5. The van der Waals surface area contributed by atoms with Crippen LogP contribution in [0.15, 0.2) is 114 Å². The zero-order chi connectivity index (χ0) is 47.1. The molecule has 6 rings (SSSR count). The van der Waals surface area contributed by atoms with Gasteiger partial charge in [-0.25, -0.2) is 18.7 Å². The molecule has 0 fully saturated rings. The molecule has 2 heterocycles. The number of nitro groups is 2. The number of nitrogens with one attached hydrogen (secondary N) is 2. The molecule has 340 valence electrons. The number of hydrogen-bond acceptors (Lipinski definition) is 10. The second-order valence-corrected chi connectivity index (χ2v) is 14.7. The van der Waals surface area contributed by atoms with Crippen LogP contribution in [0.2, 0.25) is 10.0 Å². The molecule has 14 nitrogen and oxygen atoms in total. The van der Waals surface area contributed by atoms with Gasteiger partial charge in [0.2, 0.25) is 11.6 Å². The summed E-state index contributed by atoms with van der Waals surface area (Å²) >= 11 is 22.6. The van der Waals surface area contributed by atoms with Gasteiger partial charge in [0.15, 0.2) is 0 Å². The lowest BCUT2D eigenvalue weighted by Crippen LogP contribution is -2.35. The third kappa shape index (κ3) is 13.3. The quantitative estimate of drug-likeness (QED) is 0.0332. The number of aromatic amines is 2. The molecule has 2 aromatic heterocycles. The number of halogens is 11. The van der Waals surface area contributed by atoms with Crippen LogP contribution in [0.25, 0.3) is 11.4 Å². The number of nitrogens with zero attached hydrogens (tertiary/aromatic N) is 4. The molecule has 0 unspecified atom stereocenters. The second-order valence-electron chi connectivity index (χ2n) is 12.1. The molecule has 4 aromatic carbocycles. The van der Waals surface area contributed by atoms with Crippen LogP contribution < -0.4 is 22.5 Å². The van der Waals surface area contributed by atoms with E-state index in [1.807, 2.05) is 0 Å². The fraction of sp³-hybridized carbons (Fsp3) is 0.135. The highest BCUT2D eigenvalue weighted by Crippen LogP contribution is 2.31. The van der Waals surface area contributed by atoms with E-state index < -0.39 is 79.1 Å². The Morgan fingerprint density at radius 3 is 1.45 bits per heavy atom. The molecule has 0 bridgehead atoms. The third-order valence-corrected chi connectivity index (χ3v) is 10.0. The van der Waals surface area contributed by atoms with Gasteiger partial charge in [-0.1, -0.05) is 42.8 Å². The Balaban J connectivity index is 0.000000282. The SMILES string of the molecule is C.O=[N+]([O-])c1cc(CCl)ccc1F.O=c1cc(C(F)(F)F)[nH]c(=O)n1-c1ccc(S)cc1Cl.O=c1cc(C(F)(F)F)[nH]c(=O)n1-c1ccc(SCc2ccc(F)c([N+](=O)[O-])c2)cc1Cl. The normalized spacial score (nSPS) is 11.1. The van der Waals surface area contributed by atoms with Crippen LogP contribution in [-0.4, -0.2) is 28.9 Å². The van der Waals surface area contributed by atoms with Crippen molar-refractivity contribution < 1.29 is 45.0 Å². The van der Waals surface area contributed by atoms with Crippen LogP contribution in [0, 0.1) is 31.9 Å². The molecule has 0 amide bonds. The van der Waals surface area contributed by atoms with E-state index in [-0.39, 0.29) is 46.5 Å². The molecule has 2 N–H and O–H groups in total. The number of alkyl halides is 7. The Kier molecular flexibility index (Phi) is 17.7. The maximum atomic E-state index is 13.4. The van der Waals surface area contributed by atoms with Gasteiger partial charge >= 0.3 is 35.1 Å². The van der Waals surface area contributed by atoms with Crippen molar-refractivity contribution in [3.05, 3.63) is 191 Å². The summed E-state index contributed by atoms with van der Waals surface area (Å²) in [6.07, 6.45) is -9.70. The minimum Gasteiger partial charge on any atom is -0.303 e. The predicted molar refractivity (Wildman–Crippen MR) is 225 cm³/mol. The Morgan fingerprint density at radius 1 is 0.641 bits per heavy atom. The molecular formula is C37H25Cl3F8N6O8S2. The van der Waals surface area contributed by atoms with Gasteiger partial charge in [-0.05, 0) is 59.7 Å². The lowest BCUT2D eigenvalue weighted by Gasteiger charge is -2.11. The molecule has 0 aliphatic rings. The molecule has 0 saturated heterocycles. The standard InChI is InChI=1S/C18H10ClF4N3O4S.C11H6ClF3N2O2S.C7H5ClFNO2.CH4/c19-11-6-10(31-8-9-1-3-12(20)14(5-9)26(29)30)2-4-13(11)25-16(27)7-15(18(21,22)23)24-17(25)28;12-6-3-5(20)1-2-7(6)17-9(18)4-8(11(13,14)15)16-10(17)19;8-4-5-1-2-6(9)7(3-5)10(11)12;/h1-7H,8H2,(H,24,28);1-4,20H,(H,16,19);1-3H,4H2;1H4. The number of benzene rings is 4. The van der Waals surface area contributed by atoms with Crippen molar-refractivity contribution >= 4 is 70.6 Å². The van der Waals surface area contributed by atoms with Crippen molar-refractivity contribution in [3.63, 3.8) is 0 Å². The van der Waals surface area contributed by atoms with E-state index in [0.717, 1.165) is 24.3 Å². The third-order valence-electron chi connectivity index (χ3n) is 7.78. The molecule has 0 atom stereocenters. The fourth-order valence-corrected chi connectivity index (χ4v) is 6.84. The van der Waals surface area contributed by atoms with Crippen molar-refractivity contribution in [3.8, 4) is 11.4 Å². The summed E-state index contributed by atoms with van der Waals surface area (Å²) in [6.45, 7) is 0. The van der Waals surface area contributed by atoms with E-state index in [0.29, 0.717) is 36.1 Å². The molecule has 0 radical (unpaired) electrons. The number of thioether (sulfide) groups is 1. The number of nitro benzene ring substituents is 2. The minimum atomic E-state index is -4.89. The molecule has 0 aliphatic heterocycles. The summed E-state index contributed by atoms with van der Waals surface area (Å²) in [7, 11) is 0. The van der Waals surface area contributed by atoms with Gasteiger partial charge in [-0.15, -0.1) is 36.0 Å². The first kappa shape index (κ1) is 52.4. The lowest BCUT2D eigenvalue weighted by atomic mass is 10.2. The fourth-order valence-electron chi connectivity index (χ4n) is 4.92. The van der Waals surface area contributed by atoms with Crippen molar-refractivity contribution in [1.82, 2.24) is 19.1 Å². The molecule has 6 aromatic rings. The van der Waals surface area contributed by atoms with E-state index in [2.05, 4.69) is 12.6 Å². The van der Waals surface area contributed by atoms with Crippen LogP contribution in [0.3, 0.4) is 0 Å². The lowest BCUT2D eigenvalue weighted by molar-refractivity contribution is -0.387. The average molecular weight is 1000 g/mol. The summed E-state index contributed by atoms with van der Waals surface area (Å²) in [5, 5.41) is 21.0. The van der Waals surface area contributed by atoms with Crippen molar-refractivity contribution in [1.29, 1.82) is 0 Å². The van der Waals surface area contributed by atoms with Gasteiger partial charge in [0, 0.05) is 45.7 Å². The zero-order valence-electron chi connectivity index (χ0n) is 30.6. The van der Waals surface area contributed by atoms with E-state index in [9.17, 15) is 74.5 Å². The summed E-state index contributed by atoms with van der Waals surface area (Å²) in [6, 6.07) is 15.8. The second kappa shape index (κ2) is 21.6. The minimum absolute atomic E-state index is 0. The van der Waals surface area contributed by atoms with Crippen LogP contribution in [0.5, 0.6) is 0 Å². The number of hydrogen-bond donors (Lipinski definition) is 3. The van der Waals surface area contributed by atoms with Crippen LogP contribution in [-0.2, 0) is 24.0 Å². The Labute approximate surface area is 376 Å². The summed E-state index contributed by atoms with van der Waals surface area (Å²) < 4.78 is 103. The van der Waals surface area contributed by atoms with Crippen molar-refractivity contribution in [2.75, 3.05) is 0 Å². The molecule has 0 spiro atoms. The number of aromatic nitrogens is 4. The van der Waals surface area contributed by atoms with Gasteiger partial charge in [-0.2, -0.15) is 35.1 Å². The van der Waals surface area contributed by atoms with E-state index in [4.69, 9.17) is 34.8 Å². The molecule has 64 heavy (non-hydrogen) atoms. The predicted octanol–water partition coefficient (Wildman–Crippen LogP) is 10.1. The van der Waals surface area contributed by atoms with E-state index >= 15 is 0 Å². The molecule has 0 saturated carbocycles.